The highest BCUT2D eigenvalue weighted by Crippen LogP contribution is 2.27. The Hall–Kier alpha value is -4.65. The molecule has 10 heteroatoms. The highest BCUT2D eigenvalue weighted by Gasteiger charge is 2.27. The number of hydrogen-bond donors (Lipinski definition) is 1. The number of aryl methyl sites for hydroxylation is 1. The number of amides is 2. The van der Waals surface area contributed by atoms with Gasteiger partial charge in [-0.05, 0) is 58.4 Å². The van der Waals surface area contributed by atoms with Crippen LogP contribution in [0.4, 0.5) is 16.2 Å². The van der Waals surface area contributed by atoms with Crippen LogP contribution in [0.15, 0.2) is 53.1 Å². The van der Waals surface area contributed by atoms with Crippen molar-refractivity contribution < 1.29 is 23.6 Å². The Morgan fingerprint density at radius 3 is 2.49 bits per heavy atom. The molecule has 39 heavy (non-hydrogen) atoms. The van der Waals surface area contributed by atoms with Crippen LogP contribution in [-0.4, -0.2) is 42.1 Å². The molecular weight excluding hydrogens is 498 g/mol. The second-order valence-electron chi connectivity index (χ2n) is 10.1. The smallest absolute Gasteiger partial charge is 0.434 e. The number of benzene rings is 2. The van der Waals surface area contributed by atoms with Gasteiger partial charge in [0.15, 0.2) is 11.5 Å². The average molecular weight is 532 g/mol. The Morgan fingerprint density at radius 2 is 1.87 bits per heavy atom. The van der Waals surface area contributed by atoms with Gasteiger partial charge in [-0.1, -0.05) is 30.3 Å². The van der Waals surface area contributed by atoms with E-state index in [1.807, 2.05) is 18.9 Å². The van der Waals surface area contributed by atoms with Crippen LogP contribution >= 0.6 is 0 Å². The van der Waals surface area contributed by atoms with Crippen molar-refractivity contribution in [1.29, 1.82) is 5.26 Å². The largest absolute Gasteiger partial charge is 0.442 e. The molecule has 0 unspecified atom stereocenters. The minimum absolute atomic E-state index is 0.282. The summed E-state index contributed by atoms with van der Waals surface area (Å²) in [5.41, 5.74) is 4.62. The van der Waals surface area contributed by atoms with Crippen molar-refractivity contribution in [2.45, 2.75) is 53.1 Å². The first-order valence-electron chi connectivity index (χ1n) is 12.6. The van der Waals surface area contributed by atoms with E-state index in [4.69, 9.17) is 9.26 Å². The first kappa shape index (κ1) is 28.9. The maximum atomic E-state index is 13.1. The van der Waals surface area contributed by atoms with Crippen molar-refractivity contribution in [3.63, 3.8) is 0 Å². The molecule has 0 bridgehead atoms. The first-order chi connectivity index (χ1) is 18.4. The molecular formula is C29H33N5O5. The predicted molar refractivity (Wildman–Crippen MR) is 147 cm³/mol. The fourth-order valence-corrected chi connectivity index (χ4v) is 3.81. The summed E-state index contributed by atoms with van der Waals surface area (Å²) in [4.78, 5) is 41.0. The number of carbonyl (C=O) groups is 3. The van der Waals surface area contributed by atoms with Crippen LogP contribution < -0.4 is 15.3 Å². The number of nitrogens with one attached hydrogen (secondary N) is 1. The fraction of sp³-hybridized carbons (Fsp3) is 0.345. The first-order valence-corrected chi connectivity index (χ1v) is 12.6. The number of carbonyl (C=O) groups excluding carboxylic acids is 3. The van der Waals surface area contributed by atoms with Gasteiger partial charge in [-0.25, -0.2) is 4.79 Å². The second-order valence-corrected chi connectivity index (χ2v) is 10.1. The monoisotopic (exact) mass is 531 g/mol. The zero-order chi connectivity index (χ0) is 28.7. The van der Waals surface area contributed by atoms with Crippen molar-refractivity contribution >= 4 is 29.2 Å². The quantitative estimate of drug-likeness (QED) is 0.232. The molecule has 1 N–H and O–H groups in total. The van der Waals surface area contributed by atoms with Crippen LogP contribution in [0.3, 0.4) is 0 Å². The van der Waals surface area contributed by atoms with Gasteiger partial charge < -0.3 is 14.2 Å². The Kier molecular flexibility index (Phi) is 9.09. The van der Waals surface area contributed by atoms with E-state index in [1.54, 1.807) is 70.2 Å². The standard InChI is InChI=1S/C29H33N5O5/c1-7-13-33(6)24-16-23(12-11-22(24)18-30)34(28(37)38-29(3,4)5)31-27(36)17-25(35)20-9-8-10-21(15-20)26-14-19(2)32-39-26/h8-12,14-16H,7,13,17H2,1-6H3,(H,31,36). The van der Waals surface area contributed by atoms with E-state index in [0.717, 1.165) is 11.4 Å². The number of aromatic nitrogens is 1. The summed E-state index contributed by atoms with van der Waals surface area (Å²) in [6.45, 7) is 9.60. The molecule has 3 rings (SSSR count). The molecule has 0 aliphatic rings. The van der Waals surface area contributed by atoms with Gasteiger partial charge in [-0.3, -0.25) is 15.0 Å². The van der Waals surface area contributed by atoms with Crippen LogP contribution in [0.5, 0.6) is 0 Å². The molecule has 0 radical (unpaired) electrons. The third-order valence-electron chi connectivity index (χ3n) is 5.56. The van der Waals surface area contributed by atoms with Crippen LogP contribution in [-0.2, 0) is 9.53 Å². The van der Waals surface area contributed by atoms with Gasteiger partial charge >= 0.3 is 6.09 Å². The van der Waals surface area contributed by atoms with Gasteiger partial charge in [-0.2, -0.15) is 10.3 Å². The Bertz CT molecular complexity index is 1400. The summed E-state index contributed by atoms with van der Waals surface area (Å²) in [6.07, 6.45) is -0.506. The van der Waals surface area contributed by atoms with Gasteiger partial charge in [0.05, 0.1) is 29.1 Å². The molecule has 10 nitrogen and oxygen atoms in total. The number of nitrogens with zero attached hydrogens (tertiary/aromatic N) is 4. The Balaban J connectivity index is 1.86. The normalized spacial score (nSPS) is 10.9. The highest BCUT2D eigenvalue weighted by atomic mass is 16.6. The third-order valence-corrected chi connectivity index (χ3v) is 5.56. The maximum absolute atomic E-state index is 13.1. The lowest BCUT2D eigenvalue weighted by Gasteiger charge is -2.29. The third kappa shape index (κ3) is 7.68. The number of anilines is 2. The maximum Gasteiger partial charge on any atom is 0.434 e. The molecule has 1 heterocycles. The molecule has 0 aliphatic carbocycles. The summed E-state index contributed by atoms with van der Waals surface area (Å²) in [5.74, 6) is -0.648. The number of nitriles is 1. The van der Waals surface area contributed by atoms with Gasteiger partial charge in [0.2, 0.25) is 5.91 Å². The molecule has 2 amide bonds. The zero-order valence-electron chi connectivity index (χ0n) is 23.1. The van der Waals surface area contributed by atoms with Crippen LogP contribution in [0.1, 0.15) is 62.2 Å². The lowest BCUT2D eigenvalue weighted by atomic mass is 10.0. The Morgan fingerprint density at radius 1 is 1.13 bits per heavy atom. The number of Topliss-reactive ketones (excluding diaryl/α,β-unsaturated/α-hetero) is 1. The number of ether oxygens (including phenoxy) is 1. The van der Waals surface area contributed by atoms with Crippen molar-refractivity contribution in [3.8, 4) is 17.4 Å². The van der Waals surface area contributed by atoms with E-state index < -0.39 is 29.8 Å². The zero-order valence-corrected chi connectivity index (χ0v) is 23.1. The minimum atomic E-state index is -0.843. The second kappa shape index (κ2) is 12.3. The summed E-state index contributed by atoms with van der Waals surface area (Å²) in [6, 6.07) is 15.3. The topological polar surface area (TPSA) is 129 Å². The minimum Gasteiger partial charge on any atom is -0.442 e. The van der Waals surface area contributed by atoms with E-state index in [1.165, 1.54) is 6.07 Å². The van der Waals surface area contributed by atoms with E-state index >= 15 is 0 Å². The van der Waals surface area contributed by atoms with Crippen LogP contribution in [0.25, 0.3) is 11.3 Å². The number of rotatable bonds is 8. The molecule has 0 saturated heterocycles. The molecule has 0 aliphatic heterocycles. The summed E-state index contributed by atoms with van der Waals surface area (Å²) in [5, 5.41) is 14.4. The summed E-state index contributed by atoms with van der Waals surface area (Å²) >= 11 is 0. The summed E-state index contributed by atoms with van der Waals surface area (Å²) < 4.78 is 10.8. The average Bonchev–Trinajstić information content (AvgIpc) is 3.32. The van der Waals surface area contributed by atoms with Gasteiger partial charge in [0.25, 0.3) is 0 Å². The highest BCUT2D eigenvalue weighted by molar-refractivity contribution is 6.09. The lowest BCUT2D eigenvalue weighted by molar-refractivity contribution is -0.120. The van der Waals surface area contributed by atoms with Gasteiger partial charge in [-0.15, -0.1) is 0 Å². The van der Waals surface area contributed by atoms with Crippen molar-refractivity contribution in [1.82, 2.24) is 10.6 Å². The summed E-state index contributed by atoms with van der Waals surface area (Å²) in [7, 11) is 1.84. The Labute approximate surface area is 228 Å². The molecule has 0 spiro atoms. The van der Waals surface area contributed by atoms with Crippen molar-refractivity contribution in [2.24, 2.45) is 0 Å². The molecule has 204 valence electrons. The van der Waals surface area contributed by atoms with Crippen molar-refractivity contribution in [2.75, 3.05) is 23.5 Å². The van der Waals surface area contributed by atoms with E-state index in [9.17, 15) is 19.6 Å². The molecule has 3 aromatic rings. The molecule has 1 aromatic heterocycles. The molecule has 0 fully saturated rings. The van der Waals surface area contributed by atoms with Crippen LogP contribution in [0, 0.1) is 18.3 Å². The van der Waals surface area contributed by atoms with Gasteiger partial charge in [0.1, 0.15) is 11.7 Å². The molecule has 0 saturated carbocycles. The fourth-order valence-electron chi connectivity index (χ4n) is 3.81. The number of hydrogen-bond acceptors (Lipinski definition) is 8. The van der Waals surface area contributed by atoms with Gasteiger partial charge in [0, 0.05) is 30.8 Å². The molecule has 2 aromatic carbocycles. The SMILES string of the molecule is CCCN(C)c1cc(N(NC(=O)CC(=O)c2cccc(-c3cc(C)no3)c2)C(=O)OC(C)(C)C)ccc1C#N. The van der Waals surface area contributed by atoms with Crippen LogP contribution in [0.2, 0.25) is 0 Å². The lowest BCUT2D eigenvalue weighted by Crippen LogP contribution is -2.49. The predicted octanol–water partition coefficient (Wildman–Crippen LogP) is 5.41. The molecule has 0 atom stereocenters. The number of ketones is 1. The number of hydrazine groups is 1. The van der Waals surface area contributed by atoms with E-state index in [2.05, 4.69) is 16.7 Å². The van der Waals surface area contributed by atoms with E-state index in [-0.39, 0.29) is 5.69 Å². The van der Waals surface area contributed by atoms with Crippen molar-refractivity contribution in [3.05, 3.63) is 65.4 Å². The van der Waals surface area contributed by atoms with E-state index in [0.29, 0.717) is 40.4 Å².